The lowest BCUT2D eigenvalue weighted by atomic mass is 10.2. The molecule has 0 fully saturated rings. The number of thiophene rings is 1. The smallest absolute Gasteiger partial charge is 0.216 e. The number of hydrazone groups is 1. The molecule has 2 aromatic heterocycles. The van der Waals surface area contributed by atoms with E-state index in [1.807, 2.05) is 43.5 Å². The molecule has 1 aromatic carbocycles. The molecule has 0 spiro atoms. The summed E-state index contributed by atoms with van der Waals surface area (Å²) < 4.78 is 7.53. The van der Waals surface area contributed by atoms with Crippen LogP contribution in [0.3, 0.4) is 0 Å². The first-order valence-electron chi connectivity index (χ1n) is 7.43. The highest BCUT2D eigenvalue weighted by atomic mass is 32.1. The van der Waals surface area contributed by atoms with Crippen LogP contribution in [0.2, 0.25) is 0 Å². The van der Waals surface area contributed by atoms with Gasteiger partial charge in [0, 0.05) is 5.56 Å². The summed E-state index contributed by atoms with van der Waals surface area (Å²) >= 11 is 6.90. The Morgan fingerprint density at radius 1 is 1.38 bits per heavy atom. The number of rotatable bonds is 6. The van der Waals surface area contributed by atoms with Gasteiger partial charge < -0.3 is 4.74 Å². The molecule has 6 nitrogen and oxygen atoms in total. The van der Waals surface area contributed by atoms with Gasteiger partial charge in [0.05, 0.1) is 17.7 Å². The lowest BCUT2D eigenvalue weighted by Crippen LogP contribution is -2.10. The number of hydrogen-bond acceptors (Lipinski definition) is 6. The second-order valence-electron chi connectivity index (χ2n) is 4.97. The zero-order valence-electron chi connectivity index (χ0n) is 13.3. The van der Waals surface area contributed by atoms with E-state index in [1.54, 1.807) is 22.2 Å². The summed E-state index contributed by atoms with van der Waals surface area (Å²) in [6, 6.07) is 9.72. The third-order valence-corrected chi connectivity index (χ3v) is 4.56. The summed E-state index contributed by atoms with van der Waals surface area (Å²) in [5, 5.41) is 13.3. The number of hydrogen-bond donors (Lipinski definition) is 2. The molecule has 0 aliphatic rings. The van der Waals surface area contributed by atoms with E-state index < -0.39 is 0 Å². The molecule has 2 heterocycles. The van der Waals surface area contributed by atoms with Gasteiger partial charge in [0.2, 0.25) is 4.77 Å². The standard InChI is InChI=1S/C16H17N5OS2/c1-3-22-13-6-4-12(5-7-13)15-18-19-16(23)21(15)20-17-10-14-11(2)8-9-24-14/h4-10,20H,3H2,1-2H3,(H,19,23)/b17-10+. The number of ether oxygens (including phenoxy) is 1. The highest BCUT2D eigenvalue weighted by molar-refractivity contribution is 7.71. The second-order valence-corrected chi connectivity index (χ2v) is 6.31. The van der Waals surface area contributed by atoms with Crippen molar-refractivity contribution in [2.75, 3.05) is 12.1 Å². The summed E-state index contributed by atoms with van der Waals surface area (Å²) in [4.78, 5) is 1.10. The molecule has 24 heavy (non-hydrogen) atoms. The average Bonchev–Trinajstić information content (AvgIpc) is 3.15. The molecule has 0 bridgehead atoms. The first-order chi connectivity index (χ1) is 11.7. The maximum absolute atomic E-state index is 5.46. The van der Waals surface area contributed by atoms with Crippen LogP contribution in [0.5, 0.6) is 5.75 Å². The van der Waals surface area contributed by atoms with E-state index in [0.717, 1.165) is 16.2 Å². The van der Waals surface area contributed by atoms with Crippen molar-refractivity contribution in [1.29, 1.82) is 0 Å². The van der Waals surface area contributed by atoms with Crippen molar-refractivity contribution in [1.82, 2.24) is 14.9 Å². The summed E-state index contributed by atoms with van der Waals surface area (Å²) in [5.74, 6) is 1.48. The number of H-pyrrole nitrogens is 1. The molecule has 3 aromatic rings. The fourth-order valence-corrected chi connectivity index (χ4v) is 3.07. The van der Waals surface area contributed by atoms with Crippen molar-refractivity contribution in [2.24, 2.45) is 5.10 Å². The van der Waals surface area contributed by atoms with Gasteiger partial charge in [-0.3, -0.25) is 0 Å². The maximum atomic E-state index is 5.46. The second kappa shape index (κ2) is 7.41. The Labute approximate surface area is 148 Å². The number of nitrogens with one attached hydrogen (secondary N) is 2. The van der Waals surface area contributed by atoms with Gasteiger partial charge in [0.15, 0.2) is 5.82 Å². The van der Waals surface area contributed by atoms with Crippen LogP contribution in [-0.2, 0) is 0 Å². The van der Waals surface area contributed by atoms with E-state index in [4.69, 9.17) is 17.0 Å². The van der Waals surface area contributed by atoms with E-state index in [1.165, 1.54) is 5.56 Å². The van der Waals surface area contributed by atoms with E-state index in [-0.39, 0.29) is 0 Å². The van der Waals surface area contributed by atoms with E-state index in [2.05, 4.69) is 26.9 Å². The fourth-order valence-electron chi connectivity index (χ4n) is 2.11. The van der Waals surface area contributed by atoms with E-state index >= 15 is 0 Å². The molecule has 0 radical (unpaired) electrons. The first-order valence-corrected chi connectivity index (χ1v) is 8.71. The molecule has 0 unspecified atom stereocenters. The molecule has 3 rings (SSSR count). The molecule has 0 atom stereocenters. The predicted molar refractivity (Wildman–Crippen MR) is 100 cm³/mol. The monoisotopic (exact) mass is 359 g/mol. The lowest BCUT2D eigenvalue weighted by molar-refractivity contribution is 0.340. The number of benzene rings is 1. The van der Waals surface area contributed by atoms with Crippen molar-refractivity contribution in [3.63, 3.8) is 0 Å². The molecular weight excluding hydrogens is 342 g/mol. The average molecular weight is 359 g/mol. The normalized spacial score (nSPS) is 11.1. The first kappa shape index (κ1) is 16.4. The van der Waals surface area contributed by atoms with E-state index in [0.29, 0.717) is 17.2 Å². The number of aromatic amines is 1. The number of nitrogens with zero attached hydrogens (tertiary/aromatic N) is 3. The Kier molecular flexibility index (Phi) is 5.07. The van der Waals surface area contributed by atoms with Gasteiger partial charge in [0.25, 0.3) is 0 Å². The minimum Gasteiger partial charge on any atom is -0.494 e. The molecule has 8 heteroatoms. The zero-order valence-corrected chi connectivity index (χ0v) is 14.9. The largest absolute Gasteiger partial charge is 0.494 e. The molecule has 2 N–H and O–H groups in total. The van der Waals surface area contributed by atoms with Crippen LogP contribution in [0, 0.1) is 11.7 Å². The molecule has 0 aliphatic heterocycles. The van der Waals surface area contributed by atoms with E-state index in [9.17, 15) is 0 Å². The van der Waals surface area contributed by atoms with Crippen LogP contribution in [-0.4, -0.2) is 27.7 Å². The minimum absolute atomic E-state index is 0.443. The van der Waals surface area contributed by atoms with Crippen LogP contribution in [0.25, 0.3) is 11.4 Å². The molecule has 124 valence electrons. The van der Waals surface area contributed by atoms with Crippen LogP contribution in [0.1, 0.15) is 17.4 Å². The van der Waals surface area contributed by atoms with Gasteiger partial charge in [-0.1, -0.05) is 0 Å². The highest BCUT2D eigenvalue weighted by Gasteiger charge is 2.08. The molecule has 0 saturated heterocycles. The van der Waals surface area contributed by atoms with Crippen LogP contribution < -0.4 is 10.3 Å². The Balaban J connectivity index is 1.82. The van der Waals surface area contributed by atoms with Gasteiger partial charge in [0.1, 0.15) is 5.75 Å². The number of aromatic nitrogens is 3. The Morgan fingerprint density at radius 3 is 2.83 bits per heavy atom. The Bertz CT molecular complexity index is 892. The van der Waals surface area contributed by atoms with Crippen molar-refractivity contribution in [2.45, 2.75) is 13.8 Å². The minimum atomic E-state index is 0.443. The summed E-state index contributed by atoms with van der Waals surface area (Å²) in [6.45, 7) is 4.64. The Hall–Kier alpha value is -2.45. The van der Waals surface area contributed by atoms with Crippen molar-refractivity contribution in [3.05, 3.63) is 50.9 Å². The highest BCUT2D eigenvalue weighted by Crippen LogP contribution is 2.20. The van der Waals surface area contributed by atoms with Gasteiger partial charge >= 0.3 is 0 Å². The third kappa shape index (κ3) is 3.55. The maximum Gasteiger partial charge on any atom is 0.216 e. The number of aryl methyl sites for hydroxylation is 1. The SMILES string of the molecule is CCOc1ccc(-c2n[nH]c(=S)n2N/N=C/c2sccc2C)cc1. The predicted octanol–water partition coefficient (Wildman–Crippen LogP) is 3.95. The molecule has 0 amide bonds. The zero-order chi connectivity index (χ0) is 16.9. The molecular formula is C16H17N5OS2. The Morgan fingerprint density at radius 2 is 2.17 bits per heavy atom. The summed E-state index contributed by atoms with van der Waals surface area (Å²) in [5.41, 5.74) is 5.02. The van der Waals surface area contributed by atoms with Crippen molar-refractivity contribution in [3.8, 4) is 17.1 Å². The van der Waals surface area contributed by atoms with Gasteiger partial charge in [-0.2, -0.15) is 14.9 Å². The third-order valence-electron chi connectivity index (χ3n) is 3.34. The topological polar surface area (TPSA) is 67.2 Å². The van der Waals surface area contributed by atoms with Crippen molar-refractivity contribution >= 4 is 29.8 Å². The summed E-state index contributed by atoms with van der Waals surface area (Å²) in [7, 11) is 0. The molecule has 0 aliphatic carbocycles. The summed E-state index contributed by atoms with van der Waals surface area (Å²) in [6.07, 6.45) is 1.77. The van der Waals surface area contributed by atoms with Gasteiger partial charge in [-0.05, 0) is 67.3 Å². The fraction of sp³-hybridized carbons (Fsp3) is 0.188. The van der Waals surface area contributed by atoms with Gasteiger partial charge in [-0.15, -0.1) is 11.3 Å². The quantitative estimate of drug-likeness (QED) is 0.397. The van der Waals surface area contributed by atoms with Crippen LogP contribution >= 0.6 is 23.6 Å². The van der Waals surface area contributed by atoms with Crippen molar-refractivity contribution < 1.29 is 4.74 Å². The van der Waals surface area contributed by atoms with Crippen LogP contribution in [0.15, 0.2) is 40.8 Å². The lowest BCUT2D eigenvalue weighted by Gasteiger charge is -2.06. The van der Waals surface area contributed by atoms with Gasteiger partial charge in [-0.25, -0.2) is 10.6 Å². The molecule has 0 saturated carbocycles. The van der Waals surface area contributed by atoms with Crippen LogP contribution in [0.4, 0.5) is 0 Å².